The number of aromatic carboxylic acids is 1. The van der Waals surface area contributed by atoms with Crippen molar-refractivity contribution in [3.63, 3.8) is 0 Å². The van der Waals surface area contributed by atoms with Crippen LogP contribution in [0.5, 0.6) is 5.75 Å². The molecule has 0 saturated heterocycles. The van der Waals surface area contributed by atoms with Crippen molar-refractivity contribution >= 4 is 62.6 Å². The number of nitrogens with zero attached hydrogens (tertiary/aromatic N) is 6. The van der Waals surface area contributed by atoms with Crippen LogP contribution in [0, 0.1) is 27.7 Å². The minimum Gasteiger partial charge on any atom is -0.494 e. The summed E-state index contributed by atoms with van der Waals surface area (Å²) < 4.78 is 12.4. The summed E-state index contributed by atoms with van der Waals surface area (Å²) in [4.78, 5) is 30.8. The highest BCUT2D eigenvalue weighted by molar-refractivity contribution is 6.35. The van der Waals surface area contributed by atoms with Gasteiger partial charge in [0.1, 0.15) is 11.4 Å². The lowest BCUT2D eigenvalue weighted by atomic mass is 9.98. The first kappa shape index (κ1) is 37.5. The Kier molecular flexibility index (Phi) is 10.1. The quantitative estimate of drug-likeness (QED) is 0.132. The maximum absolute atomic E-state index is 15.1. The predicted molar refractivity (Wildman–Crippen MR) is 217 cm³/mol. The number of ether oxygens (including phenoxy) is 1. The van der Waals surface area contributed by atoms with Crippen LogP contribution in [-0.2, 0) is 20.0 Å². The summed E-state index contributed by atoms with van der Waals surface area (Å²) in [7, 11) is 5.97. The molecule has 3 aromatic heterocycles. The number of carbonyl (C=O) groups is 2. The van der Waals surface area contributed by atoms with Gasteiger partial charge < -0.3 is 28.8 Å². The summed E-state index contributed by atoms with van der Waals surface area (Å²) in [6.07, 6.45) is 3.18. The van der Waals surface area contributed by atoms with E-state index in [4.69, 9.17) is 33.0 Å². The first-order valence-corrected chi connectivity index (χ1v) is 19.0. The SMILES string of the molecule is Cc1cc(OCCCc2c3n(c4c(-c5c(C)nn(CCN(C)C)c5C)c(Cl)ccc24)[C@H](C)CN(c2cn(C)c4cc(C(=O)O)ccc24)C3=O)cc(C)c1Cl. The zero-order valence-electron chi connectivity index (χ0n) is 32.0. The maximum atomic E-state index is 15.1. The molecule has 1 atom stereocenters. The maximum Gasteiger partial charge on any atom is 0.335 e. The summed E-state index contributed by atoms with van der Waals surface area (Å²) in [5, 5.41) is 17.8. The molecule has 0 radical (unpaired) electrons. The molecule has 1 aliphatic rings. The lowest BCUT2D eigenvalue weighted by molar-refractivity contribution is 0.0696. The zero-order valence-corrected chi connectivity index (χ0v) is 33.6. The molecule has 0 spiro atoms. The largest absolute Gasteiger partial charge is 0.494 e. The predicted octanol–water partition coefficient (Wildman–Crippen LogP) is 9.03. The van der Waals surface area contributed by atoms with Crippen LogP contribution in [0.4, 0.5) is 5.69 Å². The molecule has 0 bridgehead atoms. The van der Waals surface area contributed by atoms with Crippen LogP contribution in [0.2, 0.25) is 10.0 Å². The fourth-order valence-electron chi connectivity index (χ4n) is 8.08. The topological polar surface area (TPSA) is 97.8 Å². The second kappa shape index (κ2) is 14.5. The molecule has 12 heteroatoms. The van der Waals surface area contributed by atoms with Crippen molar-refractivity contribution in [1.29, 1.82) is 0 Å². The monoisotopic (exact) mass is 768 g/mol. The molecule has 0 saturated carbocycles. The van der Waals surface area contributed by atoms with E-state index in [0.29, 0.717) is 36.7 Å². The highest BCUT2D eigenvalue weighted by Crippen LogP contribution is 2.46. The number of benzene rings is 3. The number of hydrogen-bond acceptors (Lipinski definition) is 5. The van der Waals surface area contributed by atoms with Crippen molar-refractivity contribution in [3.05, 3.63) is 98.0 Å². The van der Waals surface area contributed by atoms with Crippen LogP contribution in [0.15, 0.2) is 48.7 Å². The smallest absolute Gasteiger partial charge is 0.335 e. The Labute approximate surface area is 325 Å². The van der Waals surface area contributed by atoms with E-state index in [1.165, 1.54) is 0 Å². The molecule has 282 valence electrons. The number of amides is 1. The standard InChI is InChI=1S/C42H46Cl2N6O4/c1-23-18-29(19-24(2)38(23)44)54-17-9-10-30-31-13-14-33(43)37(36-26(4)45-49(27(36)5)16-15-46(6)7)39(31)50-25(3)21-48(41(51)40(30)50)35-22-47(8)34-20-28(42(52)53)11-12-32(34)35/h11-14,18-20,22,25H,9-10,15-17,21H2,1-8H3,(H,52,53)/t25-/m1/s1. The van der Waals surface area contributed by atoms with Gasteiger partial charge in [0, 0.05) is 65.0 Å². The number of aromatic nitrogens is 4. The average Bonchev–Trinajstić information content (AvgIpc) is 3.74. The first-order chi connectivity index (χ1) is 25.7. The lowest BCUT2D eigenvalue weighted by Gasteiger charge is -2.34. The van der Waals surface area contributed by atoms with E-state index in [1.54, 1.807) is 18.2 Å². The average molecular weight is 770 g/mol. The van der Waals surface area contributed by atoms with Gasteiger partial charge in [0.15, 0.2) is 0 Å². The van der Waals surface area contributed by atoms with Gasteiger partial charge in [0.05, 0.1) is 46.2 Å². The van der Waals surface area contributed by atoms with Crippen molar-refractivity contribution < 1.29 is 19.4 Å². The minimum atomic E-state index is -0.995. The molecular weight excluding hydrogens is 723 g/mol. The number of carboxylic acid groups (broad SMARTS) is 1. The van der Waals surface area contributed by atoms with Crippen LogP contribution >= 0.6 is 23.2 Å². The van der Waals surface area contributed by atoms with E-state index >= 15 is 4.79 Å². The number of fused-ring (bicyclic) bond motifs is 4. The molecular formula is C42H46Cl2N6O4. The highest BCUT2D eigenvalue weighted by Gasteiger charge is 2.37. The van der Waals surface area contributed by atoms with Gasteiger partial charge in [-0.05, 0) is 115 Å². The van der Waals surface area contributed by atoms with E-state index < -0.39 is 5.97 Å². The number of hydrogen-bond donors (Lipinski definition) is 1. The Morgan fingerprint density at radius 3 is 2.41 bits per heavy atom. The third-order valence-electron chi connectivity index (χ3n) is 10.7. The summed E-state index contributed by atoms with van der Waals surface area (Å²) in [5.74, 6) is -0.344. The normalized spacial score (nSPS) is 14.5. The molecule has 0 fully saturated rings. The van der Waals surface area contributed by atoms with E-state index in [-0.39, 0.29) is 17.5 Å². The van der Waals surface area contributed by atoms with E-state index in [1.807, 2.05) is 72.4 Å². The first-order valence-electron chi connectivity index (χ1n) is 18.3. The van der Waals surface area contributed by atoms with Crippen LogP contribution < -0.4 is 9.64 Å². The number of rotatable bonds is 11. The van der Waals surface area contributed by atoms with Gasteiger partial charge in [0.2, 0.25) is 0 Å². The lowest BCUT2D eigenvalue weighted by Crippen LogP contribution is -2.42. The van der Waals surface area contributed by atoms with Gasteiger partial charge in [-0.1, -0.05) is 29.3 Å². The Balaban J connectivity index is 1.36. The molecule has 6 aromatic rings. The fourth-order valence-corrected chi connectivity index (χ4v) is 8.44. The number of carbonyl (C=O) groups excluding carboxylic acids is 1. The minimum absolute atomic E-state index is 0.115. The third-order valence-corrected chi connectivity index (χ3v) is 11.6. The zero-order chi connectivity index (χ0) is 38.7. The van der Waals surface area contributed by atoms with Crippen molar-refractivity contribution in [2.24, 2.45) is 7.05 Å². The van der Waals surface area contributed by atoms with Crippen LogP contribution in [0.25, 0.3) is 32.9 Å². The van der Waals surface area contributed by atoms with Crippen molar-refractivity contribution in [3.8, 4) is 16.9 Å². The molecule has 4 heterocycles. The summed E-state index contributed by atoms with van der Waals surface area (Å²) in [5.41, 5.74) is 9.89. The number of anilines is 1. The van der Waals surface area contributed by atoms with E-state index in [9.17, 15) is 9.90 Å². The molecule has 10 nitrogen and oxygen atoms in total. The van der Waals surface area contributed by atoms with Crippen LogP contribution in [0.3, 0.4) is 0 Å². The second-order valence-corrected chi connectivity index (χ2v) is 15.6. The van der Waals surface area contributed by atoms with Gasteiger partial charge in [-0.15, -0.1) is 0 Å². The van der Waals surface area contributed by atoms with Gasteiger partial charge >= 0.3 is 5.97 Å². The van der Waals surface area contributed by atoms with E-state index in [0.717, 1.165) is 90.6 Å². The Morgan fingerprint density at radius 2 is 1.72 bits per heavy atom. The number of halogens is 2. The number of carboxylic acids is 1. The highest BCUT2D eigenvalue weighted by atomic mass is 35.5. The van der Waals surface area contributed by atoms with Crippen LogP contribution in [-0.4, -0.2) is 74.6 Å². The number of aryl methyl sites for hydroxylation is 5. The Bertz CT molecular complexity index is 2450. The number of likely N-dealkylation sites (N-methyl/N-ethyl adjacent to an activating group) is 1. The molecule has 1 amide bonds. The van der Waals surface area contributed by atoms with Crippen molar-refractivity contribution in [1.82, 2.24) is 23.8 Å². The fraction of sp³-hybridized carbons (Fsp3) is 0.357. The van der Waals surface area contributed by atoms with E-state index in [2.05, 4.69) is 37.4 Å². The van der Waals surface area contributed by atoms with Gasteiger partial charge in [-0.25, -0.2) is 4.79 Å². The summed E-state index contributed by atoms with van der Waals surface area (Å²) in [6.45, 7) is 12.6. The van der Waals surface area contributed by atoms with Crippen molar-refractivity contribution in [2.45, 2.75) is 60.0 Å². The molecule has 3 aromatic carbocycles. The summed E-state index contributed by atoms with van der Waals surface area (Å²) >= 11 is 13.6. The molecule has 0 unspecified atom stereocenters. The molecule has 1 aliphatic heterocycles. The third kappa shape index (κ3) is 6.44. The van der Waals surface area contributed by atoms with Gasteiger partial charge in [-0.3, -0.25) is 9.48 Å². The second-order valence-electron chi connectivity index (χ2n) is 14.8. The summed E-state index contributed by atoms with van der Waals surface area (Å²) in [6, 6.07) is 12.8. The molecule has 1 N–H and O–H groups in total. The molecule has 7 rings (SSSR count). The van der Waals surface area contributed by atoms with Crippen molar-refractivity contribution in [2.75, 3.05) is 38.7 Å². The van der Waals surface area contributed by atoms with Gasteiger partial charge in [0.25, 0.3) is 5.91 Å². The Hall–Kier alpha value is -4.77. The molecule has 54 heavy (non-hydrogen) atoms. The van der Waals surface area contributed by atoms with Gasteiger partial charge in [-0.2, -0.15) is 5.10 Å². The molecule has 0 aliphatic carbocycles. The Morgan fingerprint density at radius 1 is 1.02 bits per heavy atom. The van der Waals surface area contributed by atoms with Crippen LogP contribution in [0.1, 0.15) is 68.3 Å².